The smallest absolute Gasteiger partial charge is 0.223 e. The van der Waals surface area contributed by atoms with Crippen molar-refractivity contribution >= 4 is 5.82 Å². The van der Waals surface area contributed by atoms with E-state index in [0.29, 0.717) is 17.9 Å². The molecule has 1 aliphatic heterocycles. The van der Waals surface area contributed by atoms with Crippen LogP contribution in [0.1, 0.15) is 55.6 Å². The summed E-state index contributed by atoms with van der Waals surface area (Å²) in [6, 6.07) is 2.59. The Labute approximate surface area is 148 Å². The first-order valence-electron chi connectivity index (χ1n) is 9.26. The van der Waals surface area contributed by atoms with Crippen LogP contribution in [0.5, 0.6) is 0 Å². The van der Waals surface area contributed by atoms with E-state index in [-0.39, 0.29) is 0 Å². The van der Waals surface area contributed by atoms with Crippen LogP contribution in [0.3, 0.4) is 0 Å². The van der Waals surface area contributed by atoms with Gasteiger partial charge in [-0.1, -0.05) is 5.16 Å². The molecule has 4 rings (SSSR count). The maximum atomic E-state index is 5.08. The highest BCUT2D eigenvalue weighted by Crippen LogP contribution is 2.38. The number of aryl methyl sites for hydroxylation is 1. The third-order valence-electron chi connectivity index (χ3n) is 5.21. The zero-order valence-corrected chi connectivity index (χ0v) is 15.1. The zero-order chi connectivity index (χ0) is 17.2. The molecule has 1 aliphatic carbocycles. The highest BCUT2D eigenvalue weighted by atomic mass is 16.5. The van der Waals surface area contributed by atoms with E-state index in [2.05, 4.69) is 38.0 Å². The van der Waals surface area contributed by atoms with E-state index >= 15 is 0 Å². The fourth-order valence-electron chi connectivity index (χ4n) is 3.58. The van der Waals surface area contributed by atoms with E-state index in [0.717, 1.165) is 43.5 Å². The first kappa shape index (κ1) is 16.4. The molecule has 1 saturated carbocycles. The van der Waals surface area contributed by atoms with E-state index in [9.17, 15) is 0 Å². The van der Waals surface area contributed by atoms with Gasteiger partial charge in [0.1, 0.15) is 11.6 Å². The molecular formula is C18H26N6O. The van der Waals surface area contributed by atoms with Crippen LogP contribution >= 0.6 is 0 Å². The van der Waals surface area contributed by atoms with Crippen LogP contribution in [0.25, 0.3) is 0 Å². The van der Waals surface area contributed by atoms with Crippen LogP contribution in [0, 0.1) is 6.92 Å². The van der Waals surface area contributed by atoms with Gasteiger partial charge in [-0.2, -0.15) is 4.98 Å². The minimum absolute atomic E-state index is 0.536. The van der Waals surface area contributed by atoms with Crippen LogP contribution in [0.15, 0.2) is 16.8 Å². The lowest BCUT2D eigenvalue weighted by molar-refractivity contribution is 0.209. The molecule has 7 nitrogen and oxygen atoms in total. The van der Waals surface area contributed by atoms with E-state index in [1.165, 1.54) is 25.7 Å². The first-order chi connectivity index (χ1) is 12.2. The summed E-state index contributed by atoms with van der Waals surface area (Å²) >= 11 is 0. The van der Waals surface area contributed by atoms with Crippen molar-refractivity contribution in [3.8, 4) is 0 Å². The van der Waals surface area contributed by atoms with Gasteiger partial charge in [-0.3, -0.25) is 4.90 Å². The SMILES string of the molecule is Cc1nc(CN(C)[C@@H]2CCCN(c3ccnc(C4CC4)n3)CC2)no1. The summed E-state index contributed by atoms with van der Waals surface area (Å²) < 4.78 is 5.08. The standard InChI is InChI=1S/C18H26N6O/c1-13-20-16(22-25-13)12-23(2)15-4-3-10-24(11-8-15)17-7-9-19-18(21-17)14-5-6-14/h7,9,14-15H,3-6,8,10-12H2,1-2H3/t15-/m1/s1. The highest BCUT2D eigenvalue weighted by Gasteiger charge is 2.27. The molecule has 0 amide bonds. The molecular weight excluding hydrogens is 316 g/mol. The Morgan fingerprint density at radius 2 is 2.08 bits per heavy atom. The van der Waals surface area contributed by atoms with Gasteiger partial charge in [0.25, 0.3) is 0 Å². The average Bonchev–Trinajstić information content (AvgIpc) is 3.42. The van der Waals surface area contributed by atoms with Crippen LogP contribution in [0.2, 0.25) is 0 Å². The molecule has 134 valence electrons. The van der Waals surface area contributed by atoms with Crippen LogP contribution in [0.4, 0.5) is 5.82 Å². The molecule has 1 atom stereocenters. The summed E-state index contributed by atoms with van der Waals surface area (Å²) in [4.78, 5) is 18.3. The van der Waals surface area contributed by atoms with Gasteiger partial charge < -0.3 is 9.42 Å². The summed E-state index contributed by atoms with van der Waals surface area (Å²) in [5.41, 5.74) is 0. The number of rotatable bonds is 5. The van der Waals surface area contributed by atoms with Crippen LogP contribution in [-0.2, 0) is 6.54 Å². The molecule has 1 saturated heterocycles. The summed E-state index contributed by atoms with van der Waals surface area (Å²) in [5, 5.41) is 4.01. The Morgan fingerprint density at radius 1 is 1.20 bits per heavy atom. The molecule has 2 aliphatic rings. The summed E-state index contributed by atoms with van der Waals surface area (Å²) in [7, 11) is 2.15. The molecule has 0 radical (unpaired) electrons. The zero-order valence-electron chi connectivity index (χ0n) is 15.1. The van der Waals surface area contributed by atoms with Gasteiger partial charge in [-0.25, -0.2) is 9.97 Å². The van der Waals surface area contributed by atoms with Crippen molar-refractivity contribution in [1.29, 1.82) is 0 Å². The Hall–Kier alpha value is -2.02. The molecule has 0 aromatic carbocycles. The second-order valence-electron chi connectivity index (χ2n) is 7.26. The summed E-state index contributed by atoms with van der Waals surface area (Å²) in [5.74, 6) is 4.12. The van der Waals surface area contributed by atoms with E-state index in [1.54, 1.807) is 0 Å². The lowest BCUT2D eigenvalue weighted by atomic mass is 10.1. The van der Waals surface area contributed by atoms with Gasteiger partial charge in [-0.15, -0.1) is 0 Å². The van der Waals surface area contributed by atoms with Gasteiger partial charge in [0.15, 0.2) is 5.82 Å². The van der Waals surface area contributed by atoms with Gasteiger partial charge in [0.05, 0.1) is 6.54 Å². The number of hydrogen-bond donors (Lipinski definition) is 0. The molecule has 0 bridgehead atoms. The minimum atomic E-state index is 0.536. The average molecular weight is 342 g/mol. The van der Waals surface area contributed by atoms with Gasteiger partial charge >= 0.3 is 0 Å². The quantitative estimate of drug-likeness (QED) is 0.827. The molecule has 0 unspecified atom stereocenters. The van der Waals surface area contributed by atoms with Crippen LogP contribution < -0.4 is 4.90 Å². The molecule has 2 aromatic heterocycles. The number of hydrogen-bond acceptors (Lipinski definition) is 7. The van der Waals surface area contributed by atoms with Crippen molar-refractivity contribution in [1.82, 2.24) is 25.0 Å². The Kier molecular flexibility index (Phi) is 4.65. The summed E-state index contributed by atoms with van der Waals surface area (Å²) in [6.45, 7) is 4.66. The van der Waals surface area contributed by atoms with E-state index in [1.807, 2.05) is 13.1 Å². The molecule has 7 heteroatoms. The van der Waals surface area contributed by atoms with Crippen molar-refractivity contribution in [3.63, 3.8) is 0 Å². The third-order valence-corrected chi connectivity index (χ3v) is 5.21. The Balaban J connectivity index is 1.37. The van der Waals surface area contributed by atoms with E-state index in [4.69, 9.17) is 9.51 Å². The molecule has 0 N–H and O–H groups in total. The number of aromatic nitrogens is 4. The van der Waals surface area contributed by atoms with Gasteiger partial charge in [0.2, 0.25) is 5.89 Å². The Morgan fingerprint density at radius 3 is 2.84 bits per heavy atom. The lowest BCUT2D eigenvalue weighted by Gasteiger charge is -2.26. The number of anilines is 1. The molecule has 3 heterocycles. The monoisotopic (exact) mass is 342 g/mol. The normalized spacial score (nSPS) is 21.6. The predicted octanol–water partition coefficient (Wildman–Crippen LogP) is 2.54. The number of nitrogens with zero attached hydrogens (tertiary/aromatic N) is 6. The fraction of sp³-hybridized carbons (Fsp3) is 0.667. The molecule has 0 spiro atoms. The van der Waals surface area contributed by atoms with Gasteiger partial charge in [-0.05, 0) is 45.2 Å². The Bertz CT molecular complexity index is 713. The largest absolute Gasteiger partial charge is 0.356 e. The third kappa shape index (κ3) is 3.98. The van der Waals surface area contributed by atoms with Gasteiger partial charge in [0, 0.05) is 38.2 Å². The molecule has 2 fully saturated rings. The molecule has 25 heavy (non-hydrogen) atoms. The maximum Gasteiger partial charge on any atom is 0.223 e. The van der Waals surface area contributed by atoms with Crippen molar-refractivity contribution in [3.05, 3.63) is 29.8 Å². The van der Waals surface area contributed by atoms with Crippen molar-refractivity contribution in [2.75, 3.05) is 25.0 Å². The molecule has 2 aromatic rings. The van der Waals surface area contributed by atoms with Crippen molar-refractivity contribution in [2.24, 2.45) is 0 Å². The first-order valence-corrected chi connectivity index (χ1v) is 9.26. The second-order valence-corrected chi connectivity index (χ2v) is 7.26. The maximum absolute atomic E-state index is 5.08. The summed E-state index contributed by atoms with van der Waals surface area (Å²) in [6.07, 6.45) is 7.88. The topological polar surface area (TPSA) is 71.2 Å². The van der Waals surface area contributed by atoms with E-state index < -0.39 is 0 Å². The van der Waals surface area contributed by atoms with Crippen LogP contribution in [-0.4, -0.2) is 51.2 Å². The van der Waals surface area contributed by atoms with Crippen molar-refractivity contribution < 1.29 is 4.52 Å². The highest BCUT2D eigenvalue weighted by molar-refractivity contribution is 5.38. The predicted molar refractivity (Wildman–Crippen MR) is 94.4 cm³/mol. The fourth-order valence-corrected chi connectivity index (χ4v) is 3.58. The second kappa shape index (κ2) is 7.07. The van der Waals surface area contributed by atoms with Crippen molar-refractivity contribution in [2.45, 2.75) is 57.5 Å². The lowest BCUT2D eigenvalue weighted by Crippen LogP contribution is -2.33. The minimum Gasteiger partial charge on any atom is -0.356 e.